The topological polar surface area (TPSA) is 50.4 Å². The zero-order chi connectivity index (χ0) is 15.9. The Balaban J connectivity index is 1.98. The summed E-state index contributed by atoms with van der Waals surface area (Å²) in [6.45, 7) is 3.95. The van der Waals surface area contributed by atoms with Crippen LogP contribution in [0, 0.1) is 13.8 Å². The molecule has 0 aromatic heterocycles. The highest BCUT2D eigenvalue weighted by Crippen LogP contribution is 2.18. The van der Waals surface area contributed by atoms with E-state index in [0.29, 0.717) is 0 Å². The molecule has 2 amide bonds. The number of urea groups is 1. The van der Waals surface area contributed by atoms with Gasteiger partial charge in [0.2, 0.25) is 0 Å². The van der Waals surface area contributed by atoms with E-state index in [1.54, 1.807) is 19.4 Å². The van der Waals surface area contributed by atoms with E-state index in [0.717, 1.165) is 28.1 Å². The van der Waals surface area contributed by atoms with Crippen LogP contribution in [0.2, 0.25) is 0 Å². The number of anilines is 1. The van der Waals surface area contributed by atoms with Crippen molar-refractivity contribution in [3.8, 4) is 5.75 Å². The lowest BCUT2D eigenvalue weighted by molar-refractivity contribution is 0.255. The Bertz CT molecular complexity index is 693. The van der Waals surface area contributed by atoms with Crippen molar-refractivity contribution < 1.29 is 9.53 Å². The smallest absolute Gasteiger partial charge is 0.323 e. The van der Waals surface area contributed by atoms with Crippen molar-refractivity contribution in [3.63, 3.8) is 0 Å². The molecule has 4 nitrogen and oxygen atoms in total. The van der Waals surface area contributed by atoms with Gasteiger partial charge in [-0.05, 0) is 43.2 Å². The number of rotatable bonds is 4. The van der Waals surface area contributed by atoms with Crippen LogP contribution in [0.4, 0.5) is 10.5 Å². The molecule has 0 unspecified atom stereocenters. The van der Waals surface area contributed by atoms with Crippen molar-refractivity contribution in [2.45, 2.75) is 13.8 Å². The summed E-state index contributed by atoms with van der Waals surface area (Å²) in [6, 6.07) is 13.3. The molecule has 0 fully saturated rings. The molecule has 0 aliphatic carbocycles. The zero-order valence-corrected chi connectivity index (χ0v) is 13.0. The van der Waals surface area contributed by atoms with Gasteiger partial charge in [-0.1, -0.05) is 30.3 Å². The summed E-state index contributed by atoms with van der Waals surface area (Å²) in [5.74, 6) is 0.760. The molecule has 0 bridgehead atoms. The number of amides is 2. The number of carbonyl (C=O) groups excluding carboxylic acids is 1. The summed E-state index contributed by atoms with van der Waals surface area (Å²) in [4.78, 5) is 11.9. The summed E-state index contributed by atoms with van der Waals surface area (Å²) in [5, 5.41) is 5.52. The van der Waals surface area contributed by atoms with Crippen molar-refractivity contribution in [3.05, 3.63) is 65.4 Å². The van der Waals surface area contributed by atoms with Gasteiger partial charge in [0.05, 0.1) is 7.11 Å². The highest BCUT2D eigenvalue weighted by molar-refractivity contribution is 5.91. The van der Waals surface area contributed by atoms with Gasteiger partial charge in [0.15, 0.2) is 0 Å². The zero-order valence-electron chi connectivity index (χ0n) is 13.0. The second-order valence-corrected chi connectivity index (χ2v) is 4.99. The average molecular weight is 296 g/mol. The molecule has 0 aliphatic rings. The fourth-order valence-electron chi connectivity index (χ4n) is 2.04. The van der Waals surface area contributed by atoms with E-state index in [9.17, 15) is 4.79 Å². The Morgan fingerprint density at radius 3 is 2.68 bits per heavy atom. The van der Waals surface area contributed by atoms with E-state index in [1.165, 1.54) is 0 Å². The van der Waals surface area contributed by atoms with Crippen LogP contribution < -0.4 is 15.4 Å². The number of methoxy groups -OCH3 is 1. The first-order valence-electron chi connectivity index (χ1n) is 7.04. The quantitative estimate of drug-likeness (QED) is 0.892. The van der Waals surface area contributed by atoms with Gasteiger partial charge >= 0.3 is 6.03 Å². The molecule has 2 N–H and O–H groups in total. The van der Waals surface area contributed by atoms with Crippen molar-refractivity contribution >= 4 is 17.8 Å². The largest absolute Gasteiger partial charge is 0.496 e. The van der Waals surface area contributed by atoms with Crippen LogP contribution >= 0.6 is 0 Å². The Morgan fingerprint density at radius 1 is 1.14 bits per heavy atom. The summed E-state index contributed by atoms with van der Waals surface area (Å²) < 4.78 is 5.25. The number of aryl methyl sites for hydroxylation is 2. The molecule has 0 heterocycles. The van der Waals surface area contributed by atoms with Crippen molar-refractivity contribution in [2.24, 2.45) is 0 Å². The monoisotopic (exact) mass is 296 g/mol. The average Bonchev–Trinajstić information content (AvgIpc) is 2.51. The molecule has 0 saturated carbocycles. The van der Waals surface area contributed by atoms with Crippen LogP contribution in [-0.4, -0.2) is 13.1 Å². The molecule has 114 valence electrons. The van der Waals surface area contributed by atoms with Gasteiger partial charge in [0.25, 0.3) is 0 Å². The fourth-order valence-corrected chi connectivity index (χ4v) is 2.04. The minimum absolute atomic E-state index is 0.278. The van der Waals surface area contributed by atoms with Crippen LogP contribution in [0.15, 0.2) is 48.7 Å². The minimum atomic E-state index is -0.278. The Hall–Kier alpha value is -2.75. The molecule has 2 aromatic rings. The predicted octanol–water partition coefficient (Wildman–Crippen LogP) is 4.10. The lowest BCUT2D eigenvalue weighted by atomic mass is 10.1. The number of hydrogen-bond acceptors (Lipinski definition) is 2. The molecule has 0 radical (unpaired) electrons. The summed E-state index contributed by atoms with van der Waals surface area (Å²) >= 11 is 0. The Labute approximate surface area is 130 Å². The summed E-state index contributed by atoms with van der Waals surface area (Å²) in [7, 11) is 1.62. The van der Waals surface area contributed by atoms with Crippen LogP contribution in [0.25, 0.3) is 6.08 Å². The fraction of sp³-hybridized carbons (Fsp3) is 0.167. The first-order chi connectivity index (χ1) is 10.6. The van der Waals surface area contributed by atoms with Crippen LogP contribution in [0.3, 0.4) is 0 Å². The predicted molar refractivity (Wildman–Crippen MR) is 90.1 cm³/mol. The normalized spacial score (nSPS) is 10.5. The van der Waals surface area contributed by atoms with Gasteiger partial charge in [0.1, 0.15) is 5.75 Å². The molecule has 2 rings (SSSR count). The van der Waals surface area contributed by atoms with E-state index in [-0.39, 0.29) is 6.03 Å². The van der Waals surface area contributed by atoms with Gasteiger partial charge in [-0.25, -0.2) is 4.79 Å². The van der Waals surface area contributed by atoms with Gasteiger partial charge in [-0.3, -0.25) is 0 Å². The number of para-hydroxylation sites is 1. The van der Waals surface area contributed by atoms with Gasteiger partial charge in [-0.2, -0.15) is 0 Å². The molecule has 0 spiro atoms. The molecular weight excluding hydrogens is 276 g/mol. The number of hydrogen-bond donors (Lipinski definition) is 2. The SMILES string of the molecule is COc1ccccc1/C=C/NC(=O)Nc1cc(C)ccc1C. The maximum absolute atomic E-state index is 11.9. The maximum atomic E-state index is 11.9. The molecule has 0 aliphatic heterocycles. The number of ether oxygens (including phenoxy) is 1. The second kappa shape index (κ2) is 7.31. The lowest BCUT2D eigenvalue weighted by Crippen LogP contribution is -2.24. The van der Waals surface area contributed by atoms with E-state index in [1.807, 2.05) is 56.3 Å². The van der Waals surface area contributed by atoms with Crippen LogP contribution in [-0.2, 0) is 0 Å². The molecular formula is C18H20N2O2. The first-order valence-corrected chi connectivity index (χ1v) is 7.04. The van der Waals surface area contributed by atoms with E-state index in [2.05, 4.69) is 10.6 Å². The minimum Gasteiger partial charge on any atom is -0.496 e. The number of carbonyl (C=O) groups is 1. The van der Waals surface area contributed by atoms with E-state index < -0.39 is 0 Å². The molecule has 22 heavy (non-hydrogen) atoms. The third-order valence-corrected chi connectivity index (χ3v) is 3.26. The van der Waals surface area contributed by atoms with Gasteiger partial charge in [-0.15, -0.1) is 0 Å². The lowest BCUT2D eigenvalue weighted by Gasteiger charge is -2.09. The van der Waals surface area contributed by atoms with E-state index in [4.69, 9.17) is 4.74 Å². The molecule has 0 atom stereocenters. The Kier molecular flexibility index (Phi) is 5.20. The third-order valence-electron chi connectivity index (χ3n) is 3.26. The highest BCUT2D eigenvalue weighted by atomic mass is 16.5. The van der Waals surface area contributed by atoms with Crippen LogP contribution in [0.1, 0.15) is 16.7 Å². The Morgan fingerprint density at radius 2 is 1.91 bits per heavy atom. The van der Waals surface area contributed by atoms with Crippen molar-refractivity contribution in [1.29, 1.82) is 0 Å². The van der Waals surface area contributed by atoms with Crippen LogP contribution in [0.5, 0.6) is 5.75 Å². The van der Waals surface area contributed by atoms with Gasteiger partial charge in [0, 0.05) is 17.5 Å². The van der Waals surface area contributed by atoms with Crippen molar-refractivity contribution in [2.75, 3.05) is 12.4 Å². The molecule has 4 heteroatoms. The second-order valence-electron chi connectivity index (χ2n) is 4.99. The number of benzene rings is 2. The summed E-state index contributed by atoms with van der Waals surface area (Å²) in [6.07, 6.45) is 3.39. The summed E-state index contributed by atoms with van der Waals surface area (Å²) in [5.41, 5.74) is 3.83. The van der Waals surface area contributed by atoms with Gasteiger partial charge < -0.3 is 15.4 Å². The highest BCUT2D eigenvalue weighted by Gasteiger charge is 2.03. The standard InChI is InChI=1S/C18H20N2O2/c1-13-8-9-14(2)16(12-13)20-18(21)19-11-10-15-6-4-5-7-17(15)22-3/h4-12H,1-3H3,(H2,19,20,21)/b11-10+. The van der Waals surface area contributed by atoms with E-state index >= 15 is 0 Å². The maximum Gasteiger partial charge on any atom is 0.323 e. The third kappa shape index (κ3) is 4.12. The number of nitrogens with one attached hydrogen (secondary N) is 2. The molecule has 2 aromatic carbocycles. The van der Waals surface area contributed by atoms with Crippen molar-refractivity contribution in [1.82, 2.24) is 5.32 Å². The molecule has 0 saturated heterocycles. The first kappa shape index (κ1) is 15.6.